The van der Waals surface area contributed by atoms with E-state index in [9.17, 15) is 19.7 Å². The first-order valence-corrected chi connectivity index (χ1v) is 11.0. The van der Waals surface area contributed by atoms with E-state index < -0.39 is 4.92 Å². The van der Waals surface area contributed by atoms with Crippen molar-refractivity contribution in [3.05, 3.63) is 111 Å². The first-order chi connectivity index (χ1) is 16.0. The molecule has 2 heterocycles. The van der Waals surface area contributed by atoms with Crippen LogP contribution in [0.5, 0.6) is 0 Å². The Morgan fingerprint density at radius 2 is 1.73 bits per heavy atom. The predicted molar refractivity (Wildman–Crippen MR) is 128 cm³/mol. The van der Waals surface area contributed by atoms with E-state index in [4.69, 9.17) is 0 Å². The van der Waals surface area contributed by atoms with Gasteiger partial charge in [0.2, 0.25) is 0 Å². The number of amides is 2. The lowest BCUT2D eigenvalue weighted by Gasteiger charge is -2.13. The summed E-state index contributed by atoms with van der Waals surface area (Å²) < 4.78 is 1.74. The van der Waals surface area contributed by atoms with Crippen molar-refractivity contribution in [3.63, 3.8) is 0 Å². The molecule has 5 rings (SSSR count). The molecule has 0 atom stereocenters. The molecule has 8 heteroatoms. The van der Waals surface area contributed by atoms with Crippen molar-refractivity contribution in [3.8, 4) is 5.69 Å². The van der Waals surface area contributed by atoms with Gasteiger partial charge in [-0.25, -0.2) is 0 Å². The largest absolute Gasteiger partial charge is 0.317 e. The Bertz CT molecular complexity index is 1460. The number of hydrogen-bond donors (Lipinski definition) is 0. The molecule has 0 saturated carbocycles. The fourth-order valence-corrected chi connectivity index (χ4v) is 4.62. The number of nitro benzene ring substituents is 1. The lowest BCUT2D eigenvalue weighted by atomic mass is 10.1. The minimum atomic E-state index is -0.454. The SMILES string of the molecule is O=C1S/C(=C\c2cccn2-c2cccc([N+](=O)[O-])c2)C(=O)N1Cc1ccc2ccccc2c1. The number of nitro groups is 1. The number of carbonyl (C=O) groups excluding carboxylic acids is 2. The first-order valence-electron chi connectivity index (χ1n) is 10.1. The molecule has 7 nitrogen and oxygen atoms in total. The second-order valence-corrected chi connectivity index (χ2v) is 8.52. The number of nitrogens with zero attached hydrogens (tertiary/aromatic N) is 3. The minimum absolute atomic E-state index is 0.0251. The number of non-ortho nitro benzene ring substituents is 1. The van der Waals surface area contributed by atoms with E-state index >= 15 is 0 Å². The summed E-state index contributed by atoms with van der Waals surface area (Å²) >= 11 is 0.892. The summed E-state index contributed by atoms with van der Waals surface area (Å²) in [5.41, 5.74) is 2.09. The predicted octanol–water partition coefficient (Wildman–Crippen LogP) is 5.78. The molecule has 0 radical (unpaired) electrons. The standard InChI is InChI=1S/C25H17N3O4S/c29-24-23(15-21-9-4-12-26(21)20-7-3-8-22(14-20)28(31)32)33-25(30)27(24)16-17-10-11-18-5-1-2-6-19(18)13-17/h1-15H,16H2/b23-15-. The number of imide groups is 1. The Kier molecular flexibility index (Phi) is 5.27. The van der Waals surface area contributed by atoms with Gasteiger partial charge in [-0.3, -0.25) is 24.6 Å². The molecule has 4 aromatic rings. The van der Waals surface area contributed by atoms with E-state index in [1.807, 2.05) is 42.5 Å². The molecule has 1 saturated heterocycles. The lowest BCUT2D eigenvalue weighted by molar-refractivity contribution is -0.384. The highest BCUT2D eigenvalue weighted by Gasteiger charge is 2.35. The van der Waals surface area contributed by atoms with Gasteiger partial charge < -0.3 is 4.57 Å². The number of aromatic nitrogens is 1. The average molecular weight is 455 g/mol. The van der Waals surface area contributed by atoms with Crippen molar-refractivity contribution in [2.75, 3.05) is 0 Å². The van der Waals surface area contributed by atoms with Crippen molar-refractivity contribution >= 4 is 45.4 Å². The van der Waals surface area contributed by atoms with Crippen LogP contribution in [0.4, 0.5) is 10.5 Å². The molecule has 1 aliphatic rings. The van der Waals surface area contributed by atoms with Gasteiger partial charge in [-0.15, -0.1) is 0 Å². The van der Waals surface area contributed by atoms with E-state index in [2.05, 4.69) is 0 Å². The number of thioether (sulfide) groups is 1. The molecule has 0 aliphatic carbocycles. The van der Waals surface area contributed by atoms with Gasteiger partial charge in [0.25, 0.3) is 16.8 Å². The van der Waals surface area contributed by atoms with Crippen molar-refractivity contribution < 1.29 is 14.5 Å². The van der Waals surface area contributed by atoms with Gasteiger partial charge in [-0.1, -0.05) is 42.5 Å². The Morgan fingerprint density at radius 3 is 2.55 bits per heavy atom. The molecule has 33 heavy (non-hydrogen) atoms. The van der Waals surface area contributed by atoms with Gasteiger partial charge in [0.05, 0.1) is 22.1 Å². The molecule has 1 fully saturated rings. The molecule has 1 aliphatic heterocycles. The van der Waals surface area contributed by atoms with Crippen LogP contribution in [0.15, 0.2) is 90.0 Å². The lowest BCUT2D eigenvalue weighted by Crippen LogP contribution is -2.27. The molecule has 0 unspecified atom stereocenters. The number of hydrogen-bond acceptors (Lipinski definition) is 5. The highest BCUT2D eigenvalue weighted by Crippen LogP contribution is 2.34. The van der Waals surface area contributed by atoms with Crippen molar-refractivity contribution in [2.24, 2.45) is 0 Å². The molecule has 0 bridgehead atoms. The maximum absolute atomic E-state index is 13.0. The zero-order valence-corrected chi connectivity index (χ0v) is 18.1. The van der Waals surface area contributed by atoms with Crippen LogP contribution in [-0.4, -0.2) is 25.5 Å². The van der Waals surface area contributed by atoms with E-state index in [1.165, 1.54) is 17.0 Å². The maximum atomic E-state index is 13.0. The number of fused-ring (bicyclic) bond motifs is 1. The molecule has 0 spiro atoms. The van der Waals surface area contributed by atoms with E-state index in [0.717, 1.165) is 28.1 Å². The smallest absolute Gasteiger partial charge is 0.293 e. The second-order valence-electron chi connectivity index (χ2n) is 7.53. The summed E-state index contributed by atoms with van der Waals surface area (Å²) in [6, 6.07) is 23.6. The van der Waals surface area contributed by atoms with Gasteiger partial charge in [0.15, 0.2) is 0 Å². The third kappa shape index (κ3) is 4.04. The maximum Gasteiger partial charge on any atom is 0.293 e. The fourth-order valence-electron chi connectivity index (χ4n) is 3.79. The molecular weight excluding hydrogens is 438 g/mol. The molecule has 162 valence electrons. The van der Waals surface area contributed by atoms with E-state index in [0.29, 0.717) is 16.3 Å². The van der Waals surface area contributed by atoms with Gasteiger partial charge >= 0.3 is 0 Å². The van der Waals surface area contributed by atoms with Crippen molar-refractivity contribution in [2.45, 2.75) is 6.54 Å². The van der Waals surface area contributed by atoms with Crippen LogP contribution in [0.2, 0.25) is 0 Å². The topological polar surface area (TPSA) is 85.5 Å². The van der Waals surface area contributed by atoms with Crippen LogP contribution < -0.4 is 0 Å². The first kappa shape index (κ1) is 20.7. The highest BCUT2D eigenvalue weighted by atomic mass is 32.2. The third-order valence-corrected chi connectivity index (χ3v) is 6.31. The Hall–Kier alpha value is -4.17. The summed E-state index contributed by atoms with van der Waals surface area (Å²) in [5.74, 6) is -0.357. The van der Waals surface area contributed by atoms with Crippen LogP contribution in [0.25, 0.3) is 22.5 Å². The van der Waals surface area contributed by atoms with Gasteiger partial charge in [-0.05, 0) is 58.4 Å². The van der Waals surface area contributed by atoms with Crippen molar-refractivity contribution in [1.82, 2.24) is 9.47 Å². The zero-order chi connectivity index (χ0) is 22.9. The molecule has 3 aromatic carbocycles. The van der Waals surface area contributed by atoms with Crippen LogP contribution >= 0.6 is 11.8 Å². The summed E-state index contributed by atoms with van der Waals surface area (Å²) in [6.07, 6.45) is 3.40. The normalized spacial score (nSPS) is 15.0. The third-order valence-electron chi connectivity index (χ3n) is 5.41. The molecule has 2 amide bonds. The number of rotatable bonds is 5. The second kappa shape index (κ2) is 8.40. The fraction of sp³-hybridized carbons (Fsp3) is 0.0400. The summed E-state index contributed by atoms with van der Waals surface area (Å²) in [7, 11) is 0. The van der Waals surface area contributed by atoms with Crippen LogP contribution in [0.1, 0.15) is 11.3 Å². The summed E-state index contributed by atoms with van der Waals surface area (Å²) in [6.45, 7) is 0.193. The summed E-state index contributed by atoms with van der Waals surface area (Å²) in [4.78, 5) is 37.8. The van der Waals surface area contributed by atoms with Gasteiger partial charge in [-0.2, -0.15) is 0 Å². The monoisotopic (exact) mass is 455 g/mol. The van der Waals surface area contributed by atoms with Gasteiger partial charge in [0, 0.05) is 24.0 Å². The quantitative estimate of drug-likeness (QED) is 0.216. The zero-order valence-electron chi connectivity index (χ0n) is 17.3. The highest BCUT2D eigenvalue weighted by molar-refractivity contribution is 8.18. The number of benzene rings is 3. The number of carbonyl (C=O) groups is 2. The minimum Gasteiger partial charge on any atom is -0.317 e. The molecular formula is C25H17N3O4S. The molecule has 0 N–H and O–H groups in total. The van der Waals surface area contributed by atoms with Crippen LogP contribution in [0, 0.1) is 10.1 Å². The van der Waals surface area contributed by atoms with E-state index in [-0.39, 0.29) is 23.4 Å². The van der Waals surface area contributed by atoms with Crippen LogP contribution in [0.3, 0.4) is 0 Å². The average Bonchev–Trinajstić information content (AvgIpc) is 3.39. The Labute approximate surface area is 193 Å². The van der Waals surface area contributed by atoms with Crippen molar-refractivity contribution in [1.29, 1.82) is 0 Å². The van der Waals surface area contributed by atoms with E-state index in [1.54, 1.807) is 41.1 Å². The Morgan fingerprint density at radius 1 is 0.909 bits per heavy atom. The van der Waals surface area contributed by atoms with Crippen LogP contribution in [-0.2, 0) is 11.3 Å². The Balaban J connectivity index is 1.41. The van der Waals surface area contributed by atoms with Gasteiger partial charge in [0.1, 0.15) is 0 Å². The molecule has 1 aromatic heterocycles. The summed E-state index contributed by atoms with van der Waals surface area (Å²) in [5, 5.41) is 12.9.